The van der Waals surface area contributed by atoms with Crippen molar-refractivity contribution in [3.63, 3.8) is 0 Å². The van der Waals surface area contributed by atoms with Gasteiger partial charge in [0.2, 0.25) is 0 Å². The summed E-state index contributed by atoms with van der Waals surface area (Å²) in [7, 11) is 0. The molecule has 0 radical (unpaired) electrons. The van der Waals surface area contributed by atoms with Crippen molar-refractivity contribution in [1.29, 1.82) is 0 Å². The lowest BCUT2D eigenvalue weighted by molar-refractivity contribution is 0.00214. The van der Waals surface area contributed by atoms with Gasteiger partial charge in [-0.05, 0) is 37.8 Å². The number of rotatable bonds is 7. The summed E-state index contributed by atoms with van der Waals surface area (Å²) in [5.74, 6) is 0.552. The number of aliphatic hydroxyl groups is 1. The van der Waals surface area contributed by atoms with Gasteiger partial charge in [0, 0.05) is 19.1 Å². The first-order valence-corrected chi connectivity index (χ1v) is 7.93. The van der Waals surface area contributed by atoms with Crippen molar-refractivity contribution < 1.29 is 9.84 Å². The summed E-state index contributed by atoms with van der Waals surface area (Å²) in [5, 5.41) is 10.1. The van der Waals surface area contributed by atoms with E-state index in [9.17, 15) is 5.11 Å². The molecule has 3 N–H and O–H groups in total. The van der Waals surface area contributed by atoms with Crippen molar-refractivity contribution in [1.82, 2.24) is 4.90 Å². The van der Waals surface area contributed by atoms with Crippen molar-refractivity contribution >= 4 is 0 Å². The van der Waals surface area contributed by atoms with Crippen LogP contribution in [0.4, 0.5) is 0 Å². The molecule has 3 unspecified atom stereocenters. The maximum Gasteiger partial charge on any atom is 0.0900 e. The lowest BCUT2D eigenvalue weighted by atomic mass is 9.92. The molecule has 1 aromatic rings. The summed E-state index contributed by atoms with van der Waals surface area (Å²) in [5.41, 5.74) is 7.13. The van der Waals surface area contributed by atoms with E-state index in [1.807, 2.05) is 30.3 Å². The first-order chi connectivity index (χ1) is 10.1. The Balaban J connectivity index is 1.66. The fourth-order valence-electron chi connectivity index (χ4n) is 2.92. The third kappa shape index (κ3) is 5.75. The average molecular weight is 292 g/mol. The van der Waals surface area contributed by atoms with Gasteiger partial charge in [-0.15, -0.1) is 0 Å². The molecule has 4 nitrogen and oxygen atoms in total. The highest BCUT2D eigenvalue weighted by Crippen LogP contribution is 2.18. The largest absolute Gasteiger partial charge is 0.389 e. The number of nitrogens with two attached hydrogens (primary N) is 1. The Labute approximate surface area is 127 Å². The van der Waals surface area contributed by atoms with E-state index in [2.05, 4.69) is 11.8 Å². The van der Waals surface area contributed by atoms with E-state index in [1.54, 1.807) is 0 Å². The van der Waals surface area contributed by atoms with Crippen molar-refractivity contribution in [2.75, 3.05) is 26.2 Å². The van der Waals surface area contributed by atoms with E-state index < -0.39 is 6.10 Å². The van der Waals surface area contributed by atoms with E-state index in [0.717, 1.165) is 18.7 Å². The molecule has 1 aromatic carbocycles. The van der Waals surface area contributed by atoms with Crippen LogP contribution in [0.25, 0.3) is 0 Å². The fraction of sp³-hybridized carbons (Fsp3) is 0.647. The molecular formula is C17H28N2O2. The molecule has 1 fully saturated rings. The number of hydrogen-bond donors (Lipinski definition) is 2. The Kier molecular flexibility index (Phi) is 6.64. The fourth-order valence-corrected chi connectivity index (χ4v) is 2.92. The minimum absolute atomic E-state index is 0.235. The molecule has 1 aliphatic rings. The SMILES string of the molecule is CC(N)C1CCCN(CC(O)COCc2ccccc2)C1. The molecule has 0 bridgehead atoms. The Hall–Kier alpha value is -0.940. The Morgan fingerprint density at radius 3 is 2.86 bits per heavy atom. The van der Waals surface area contributed by atoms with Crippen LogP contribution in [0, 0.1) is 5.92 Å². The zero-order valence-electron chi connectivity index (χ0n) is 12.9. The Morgan fingerprint density at radius 1 is 1.38 bits per heavy atom. The number of hydrogen-bond acceptors (Lipinski definition) is 4. The summed E-state index contributed by atoms with van der Waals surface area (Å²) in [6, 6.07) is 10.3. The highest BCUT2D eigenvalue weighted by molar-refractivity contribution is 5.13. The second kappa shape index (κ2) is 8.49. The number of aliphatic hydroxyl groups excluding tert-OH is 1. The molecule has 0 aromatic heterocycles. The average Bonchev–Trinajstić information content (AvgIpc) is 2.48. The van der Waals surface area contributed by atoms with Crippen LogP contribution in [0.2, 0.25) is 0 Å². The van der Waals surface area contributed by atoms with E-state index in [1.165, 1.54) is 12.8 Å². The second-order valence-corrected chi connectivity index (χ2v) is 6.18. The molecule has 4 heteroatoms. The van der Waals surface area contributed by atoms with Gasteiger partial charge in [-0.1, -0.05) is 30.3 Å². The Morgan fingerprint density at radius 2 is 2.14 bits per heavy atom. The minimum atomic E-state index is -0.430. The number of ether oxygens (including phenoxy) is 1. The summed E-state index contributed by atoms with van der Waals surface area (Å²) in [4.78, 5) is 2.31. The van der Waals surface area contributed by atoms with Crippen LogP contribution in [-0.4, -0.2) is 48.4 Å². The third-order valence-corrected chi connectivity index (χ3v) is 4.18. The van der Waals surface area contributed by atoms with E-state index in [4.69, 9.17) is 10.5 Å². The van der Waals surface area contributed by atoms with E-state index >= 15 is 0 Å². The highest BCUT2D eigenvalue weighted by atomic mass is 16.5. The molecule has 0 amide bonds. The van der Waals surface area contributed by atoms with Crippen LogP contribution < -0.4 is 5.73 Å². The monoisotopic (exact) mass is 292 g/mol. The van der Waals surface area contributed by atoms with Gasteiger partial charge in [-0.3, -0.25) is 0 Å². The number of β-amino-alcohol motifs (C(OH)–C–C–N with tert-alkyl or cyclic N) is 1. The predicted octanol–water partition coefficient (Wildman–Crippen LogP) is 1.62. The quantitative estimate of drug-likeness (QED) is 0.802. The van der Waals surface area contributed by atoms with Crippen molar-refractivity contribution in [2.24, 2.45) is 11.7 Å². The predicted molar refractivity (Wildman–Crippen MR) is 84.9 cm³/mol. The van der Waals surface area contributed by atoms with Gasteiger partial charge in [0.1, 0.15) is 0 Å². The maximum absolute atomic E-state index is 10.1. The number of nitrogens with zero attached hydrogens (tertiary/aromatic N) is 1. The molecule has 0 spiro atoms. The van der Waals surface area contributed by atoms with Crippen molar-refractivity contribution in [2.45, 2.75) is 38.5 Å². The van der Waals surface area contributed by atoms with Gasteiger partial charge < -0.3 is 20.5 Å². The van der Waals surface area contributed by atoms with E-state index in [0.29, 0.717) is 25.7 Å². The van der Waals surface area contributed by atoms with Crippen LogP contribution in [0.15, 0.2) is 30.3 Å². The van der Waals surface area contributed by atoms with Crippen LogP contribution in [0.5, 0.6) is 0 Å². The molecule has 3 atom stereocenters. The van der Waals surface area contributed by atoms with Crippen molar-refractivity contribution in [3.8, 4) is 0 Å². The minimum Gasteiger partial charge on any atom is -0.389 e. The topological polar surface area (TPSA) is 58.7 Å². The lowest BCUT2D eigenvalue weighted by Gasteiger charge is -2.35. The molecule has 2 rings (SSSR count). The standard InChI is InChI=1S/C17H28N2O2/c1-14(18)16-8-5-9-19(10-16)11-17(20)13-21-12-15-6-3-2-4-7-15/h2-4,6-7,14,16-17,20H,5,8-13,18H2,1H3. The number of piperidine rings is 1. The van der Waals surface area contributed by atoms with Crippen LogP contribution in [0.1, 0.15) is 25.3 Å². The summed E-state index contributed by atoms with van der Waals surface area (Å²) >= 11 is 0. The van der Waals surface area contributed by atoms with Gasteiger partial charge in [-0.25, -0.2) is 0 Å². The van der Waals surface area contributed by atoms with Gasteiger partial charge in [0.25, 0.3) is 0 Å². The molecule has 0 aliphatic carbocycles. The molecule has 1 aliphatic heterocycles. The lowest BCUT2D eigenvalue weighted by Crippen LogP contribution is -2.45. The molecule has 1 saturated heterocycles. The summed E-state index contributed by atoms with van der Waals surface area (Å²) in [6.45, 7) is 5.74. The van der Waals surface area contributed by atoms with Crippen molar-refractivity contribution in [3.05, 3.63) is 35.9 Å². The normalized spacial score (nSPS) is 22.9. The molecule has 21 heavy (non-hydrogen) atoms. The van der Waals surface area contributed by atoms with E-state index in [-0.39, 0.29) is 6.04 Å². The molecular weight excluding hydrogens is 264 g/mol. The zero-order chi connectivity index (χ0) is 15.1. The Bertz CT molecular complexity index is 397. The molecule has 0 saturated carbocycles. The first kappa shape index (κ1) is 16.4. The third-order valence-electron chi connectivity index (χ3n) is 4.18. The molecule has 1 heterocycles. The maximum atomic E-state index is 10.1. The number of likely N-dealkylation sites (tertiary alicyclic amines) is 1. The van der Waals surface area contributed by atoms with Gasteiger partial charge in [-0.2, -0.15) is 0 Å². The molecule has 118 valence electrons. The van der Waals surface area contributed by atoms with Crippen LogP contribution >= 0.6 is 0 Å². The van der Waals surface area contributed by atoms with Crippen LogP contribution in [-0.2, 0) is 11.3 Å². The summed E-state index contributed by atoms with van der Waals surface area (Å²) in [6.07, 6.45) is 1.94. The summed E-state index contributed by atoms with van der Waals surface area (Å²) < 4.78 is 5.60. The van der Waals surface area contributed by atoms with Gasteiger partial charge >= 0.3 is 0 Å². The zero-order valence-corrected chi connectivity index (χ0v) is 12.9. The van der Waals surface area contributed by atoms with Gasteiger partial charge in [0.05, 0.1) is 19.3 Å². The second-order valence-electron chi connectivity index (χ2n) is 6.18. The number of benzene rings is 1. The van der Waals surface area contributed by atoms with Crippen LogP contribution in [0.3, 0.4) is 0 Å². The smallest absolute Gasteiger partial charge is 0.0900 e. The van der Waals surface area contributed by atoms with Gasteiger partial charge in [0.15, 0.2) is 0 Å². The highest BCUT2D eigenvalue weighted by Gasteiger charge is 2.23. The first-order valence-electron chi connectivity index (χ1n) is 7.93.